The lowest BCUT2D eigenvalue weighted by molar-refractivity contribution is -0.140. The molecule has 6 nitrogen and oxygen atoms in total. The van der Waals surface area contributed by atoms with Gasteiger partial charge in [0.1, 0.15) is 17.7 Å². The van der Waals surface area contributed by atoms with Gasteiger partial charge in [-0.2, -0.15) is 0 Å². The molecule has 6 N–H and O–H groups in total. The lowest BCUT2D eigenvalue weighted by Gasteiger charge is -2.37. The number of rotatable bonds is 6. The average molecular weight is 390 g/mol. The number of hydrogen-bond donors (Lipinski definition) is 4. The Kier molecular flexibility index (Phi) is 6.23. The highest BCUT2D eigenvalue weighted by Gasteiger charge is 2.36. The van der Waals surface area contributed by atoms with E-state index in [1.54, 1.807) is 17.0 Å². The largest absolute Gasteiger partial charge is 0.399 e. The second-order valence-electron chi connectivity index (χ2n) is 7.07. The molecule has 3 unspecified atom stereocenters. The molecule has 1 aliphatic rings. The second-order valence-corrected chi connectivity index (χ2v) is 7.07. The van der Waals surface area contributed by atoms with Crippen LogP contribution in [0.4, 0.5) is 14.5 Å². The van der Waals surface area contributed by atoms with E-state index in [-0.39, 0.29) is 12.3 Å². The summed E-state index contributed by atoms with van der Waals surface area (Å²) in [6.07, 6.45) is -1.17. The van der Waals surface area contributed by atoms with Crippen LogP contribution in [0.2, 0.25) is 0 Å². The van der Waals surface area contributed by atoms with E-state index in [1.807, 2.05) is 12.1 Å². The summed E-state index contributed by atoms with van der Waals surface area (Å²) in [5, 5.41) is 13.6. The first-order valence-corrected chi connectivity index (χ1v) is 9.08. The molecule has 1 saturated heterocycles. The van der Waals surface area contributed by atoms with Crippen LogP contribution in [0, 0.1) is 11.6 Å². The van der Waals surface area contributed by atoms with E-state index in [2.05, 4.69) is 5.32 Å². The fourth-order valence-corrected chi connectivity index (χ4v) is 3.45. The molecule has 8 heteroatoms. The summed E-state index contributed by atoms with van der Waals surface area (Å²) < 4.78 is 26.7. The summed E-state index contributed by atoms with van der Waals surface area (Å²) in [7, 11) is 0. The summed E-state index contributed by atoms with van der Waals surface area (Å²) in [6.45, 7) is 1.36. The lowest BCUT2D eigenvalue weighted by atomic mass is 9.95. The van der Waals surface area contributed by atoms with Crippen LogP contribution in [0.15, 0.2) is 42.5 Å². The summed E-state index contributed by atoms with van der Waals surface area (Å²) in [4.78, 5) is 14.5. The molecule has 3 rings (SSSR count). The van der Waals surface area contributed by atoms with Crippen LogP contribution in [0.1, 0.15) is 11.1 Å². The molecule has 0 aromatic heterocycles. The molecule has 0 spiro atoms. The topological polar surface area (TPSA) is 105 Å². The number of carbonyl (C=O) groups is 1. The fourth-order valence-electron chi connectivity index (χ4n) is 3.45. The Bertz CT molecular complexity index is 828. The first kappa shape index (κ1) is 20.2. The van der Waals surface area contributed by atoms with Gasteiger partial charge in [0, 0.05) is 37.4 Å². The SMILES string of the molecule is Nc1cccc(CN2CCNC(C(O)C(N)Cc3cc(F)cc(F)c3)C2=O)c1. The quantitative estimate of drug-likeness (QED) is 0.546. The summed E-state index contributed by atoms with van der Waals surface area (Å²) in [5.74, 6) is -1.70. The summed E-state index contributed by atoms with van der Waals surface area (Å²) >= 11 is 0. The number of carbonyl (C=O) groups excluding carboxylic acids is 1. The van der Waals surface area contributed by atoms with E-state index in [4.69, 9.17) is 11.5 Å². The number of benzene rings is 2. The zero-order valence-electron chi connectivity index (χ0n) is 15.3. The van der Waals surface area contributed by atoms with Crippen molar-refractivity contribution in [1.29, 1.82) is 0 Å². The predicted molar refractivity (Wildman–Crippen MR) is 102 cm³/mol. The molecule has 3 atom stereocenters. The molecular weight excluding hydrogens is 366 g/mol. The van der Waals surface area contributed by atoms with Crippen LogP contribution < -0.4 is 16.8 Å². The van der Waals surface area contributed by atoms with Gasteiger partial charge in [0.15, 0.2) is 0 Å². The molecule has 2 aromatic carbocycles. The molecule has 1 fully saturated rings. The van der Waals surface area contributed by atoms with E-state index >= 15 is 0 Å². The van der Waals surface area contributed by atoms with Crippen LogP contribution in [0.3, 0.4) is 0 Å². The number of piperazine rings is 1. The van der Waals surface area contributed by atoms with E-state index < -0.39 is 29.8 Å². The molecule has 0 radical (unpaired) electrons. The van der Waals surface area contributed by atoms with Crippen molar-refractivity contribution in [2.45, 2.75) is 31.2 Å². The van der Waals surface area contributed by atoms with Gasteiger partial charge < -0.3 is 26.8 Å². The number of amides is 1. The van der Waals surface area contributed by atoms with Crippen molar-refractivity contribution in [3.05, 3.63) is 65.2 Å². The van der Waals surface area contributed by atoms with Gasteiger partial charge in [0.25, 0.3) is 0 Å². The fraction of sp³-hybridized carbons (Fsp3) is 0.350. The maximum atomic E-state index is 13.4. The molecule has 28 heavy (non-hydrogen) atoms. The van der Waals surface area contributed by atoms with E-state index in [1.165, 1.54) is 0 Å². The number of halogens is 2. The Hall–Kier alpha value is -2.55. The number of nitrogen functional groups attached to an aromatic ring is 1. The Morgan fingerprint density at radius 1 is 1.18 bits per heavy atom. The summed E-state index contributed by atoms with van der Waals surface area (Å²) in [5.41, 5.74) is 13.6. The zero-order chi connectivity index (χ0) is 20.3. The number of hydrogen-bond acceptors (Lipinski definition) is 5. The Labute approximate surface area is 162 Å². The normalized spacial score (nSPS) is 19.5. The van der Waals surface area contributed by atoms with Gasteiger partial charge in [-0.3, -0.25) is 4.79 Å². The van der Waals surface area contributed by atoms with Crippen LogP contribution in [-0.2, 0) is 17.8 Å². The van der Waals surface area contributed by atoms with Gasteiger partial charge in [-0.05, 0) is 41.8 Å². The van der Waals surface area contributed by atoms with Gasteiger partial charge in [0.2, 0.25) is 5.91 Å². The molecule has 1 amide bonds. The third kappa shape index (κ3) is 4.83. The smallest absolute Gasteiger partial charge is 0.242 e. The van der Waals surface area contributed by atoms with Crippen molar-refractivity contribution >= 4 is 11.6 Å². The standard InChI is InChI=1S/C20H24F2N4O2/c21-14-6-13(7-15(22)10-14)9-17(24)19(27)18-20(28)26(5-4-25-18)11-12-2-1-3-16(23)8-12/h1-3,6-8,10,17-19,25,27H,4-5,9,11,23-24H2. The van der Waals surface area contributed by atoms with E-state index in [9.17, 15) is 18.7 Å². The Morgan fingerprint density at radius 2 is 1.89 bits per heavy atom. The molecule has 2 aromatic rings. The van der Waals surface area contributed by atoms with Crippen molar-refractivity contribution in [3.63, 3.8) is 0 Å². The number of nitrogens with zero attached hydrogens (tertiary/aromatic N) is 1. The maximum Gasteiger partial charge on any atom is 0.242 e. The molecule has 1 heterocycles. The highest BCUT2D eigenvalue weighted by Crippen LogP contribution is 2.16. The van der Waals surface area contributed by atoms with E-state index in [0.717, 1.165) is 23.8 Å². The van der Waals surface area contributed by atoms with Crippen molar-refractivity contribution in [3.8, 4) is 0 Å². The Morgan fingerprint density at radius 3 is 2.57 bits per heavy atom. The number of anilines is 1. The van der Waals surface area contributed by atoms with Crippen LogP contribution in [0.25, 0.3) is 0 Å². The van der Waals surface area contributed by atoms with Gasteiger partial charge in [0.05, 0.1) is 6.10 Å². The first-order chi connectivity index (χ1) is 13.3. The highest BCUT2D eigenvalue weighted by atomic mass is 19.1. The Balaban J connectivity index is 1.66. The molecule has 150 valence electrons. The van der Waals surface area contributed by atoms with Crippen LogP contribution >= 0.6 is 0 Å². The van der Waals surface area contributed by atoms with E-state index in [0.29, 0.717) is 30.9 Å². The zero-order valence-corrected chi connectivity index (χ0v) is 15.3. The average Bonchev–Trinajstić information content (AvgIpc) is 2.62. The highest BCUT2D eigenvalue weighted by molar-refractivity contribution is 5.83. The van der Waals surface area contributed by atoms with Gasteiger partial charge in [-0.1, -0.05) is 12.1 Å². The van der Waals surface area contributed by atoms with Crippen LogP contribution in [-0.4, -0.2) is 47.2 Å². The lowest BCUT2D eigenvalue weighted by Crippen LogP contribution is -2.62. The minimum atomic E-state index is -1.21. The van der Waals surface area contributed by atoms with Crippen molar-refractivity contribution in [2.75, 3.05) is 18.8 Å². The van der Waals surface area contributed by atoms with Crippen molar-refractivity contribution in [2.24, 2.45) is 5.73 Å². The number of nitrogens with two attached hydrogens (primary N) is 2. The number of aliphatic hydroxyl groups excluding tert-OH is 1. The molecular formula is C20H24F2N4O2. The minimum Gasteiger partial charge on any atom is -0.399 e. The number of nitrogens with one attached hydrogen (secondary N) is 1. The minimum absolute atomic E-state index is 0.0382. The monoisotopic (exact) mass is 390 g/mol. The summed E-state index contributed by atoms with van der Waals surface area (Å²) in [6, 6.07) is 8.61. The number of aliphatic hydroxyl groups is 1. The molecule has 0 aliphatic carbocycles. The van der Waals surface area contributed by atoms with Crippen molar-refractivity contribution < 1.29 is 18.7 Å². The third-order valence-corrected chi connectivity index (χ3v) is 4.82. The van der Waals surface area contributed by atoms with Crippen molar-refractivity contribution in [1.82, 2.24) is 10.2 Å². The van der Waals surface area contributed by atoms with Crippen LogP contribution in [0.5, 0.6) is 0 Å². The van der Waals surface area contributed by atoms with Gasteiger partial charge >= 0.3 is 0 Å². The third-order valence-electron chi connectivity index (χ3n) is 4.82. The first-order valence-electron chi connectivity index (χ1n) is 9.08. The predicted octanol–water partition coefficient (Wildman–Crippen LogP) is 0.778. The van der Waals surface area contributed by atoms with Gasteiger partial charge in [-0.15, -0.1) is 0 Å². The molecule has 0 bridgehead atoms. The molecule has 0 saturated carbocycles. The van der Waals surface area contributed by atoms with Gasteiger partial charge in [-0.25, -0.2) is 8.78 Å². The second kappa shape index (κ2) is 8.64. The maximum absolute atomic E-state index is 13.4. The molecule has 1 aliphatic heterocycles.